The molecular formula is C25H32ClN5O4. The number of carbonyl (C=O) groups is 3. The molecule has 188 valence electrons. The van der Waals surface area contributed by atoms with Crippen LogP contribution in [0.15, 0.2) is 24.5 Å². The van der Waals surface area contributed by atoms with Crippen molar-refractivity contribution in [2.24, 2.45) is 0 Å². The van der Waals surface area contributed by atoms with Gasteiger partial charge in [0.1, 0.15) is 11.2 Å². The number of aryl methyl sites for hydroxylation is 1. The van der Waals surface area contributed by atoms with Crippen LogP contribution in [0.4, 0.5) is 5.69 Å². The number of anilines is 1. The van der Waals surface area contributed by atoms with E-state index in [1.165, 1.54) is 6.33 Å². The number of amides is 3. The molecule has 0 unspecified atom stereocenters. The Hall–Kier alpha value is -2.91. The van der Waals surface area contributed by atoms with Crippen LogP contribution in [-0.2, 0) is 16.1 Å². The first-order valence-corrected chi connectivity index (χ1v) is 12.4. The highest BCUT2D eigenvalue weighted by atomic mass is 35.5. The summed E-state index contributed by atoms with van der Waals surface area (Å²) in [6.07, 6.45) is 3.92. The molecule has 1 atom stereocenters. The molecular weight excluding hydrogens is 470 g/mol. The van der Waals surface area contributed by atoms with Gasteiger partial charge in [0.25, 0.3) is 11.8 Å². The Balaban J connectivity index is 1.54. The second-order valence-electron chi connectivity index (χ2n) is 9.72. The van der Waals surface area contributed by atoms with E-state index in [-0.39, 0.29) is 41.9 Å². The first-order chi connectivity index (χ1) is 16.6. The second kappa shape index (κ2) is 9.99. The van der Waals surface area contributed by atoms with Gasteiger partial charge in [0, 0.05) is 19.2 Å². The van der Waals surface area contributed by atoms with Crippen molar-refractivity contribution in [1.82, 2.24) is 19.8 Å². The summed E-state index contributed by atoms with van der Waals surface area (Å²) in [7, 11) is 0. The van der Waals surface area contributed by atoms with Crippen LogP contribution in [-0.4, -0.2) is 63.0 Å². The number of fused-ring (bicyclic) bond motifs is 1. The Labute approximate surface area is 210 Å². The smallest absolute Gasteiger partial charge is 0.276 e. The minimum absolute atomic E-state index is 0.0191. The molecule has 1 aliphatic carbocycles. The van der Waals surface area contributed by atoms with E-state index in [0.717, 1.165) is 18.4 Å². The van der Waals surface area contributed by atoms with Crippen molar-refractivity contribution in [3.8, 4) is 0 Å². The number of benzene rings is 1. The number of aromatic nitrogens is 2. The Morgan fingerprint density at radius 3 is 2.71 bits per heavy atom. The molecule has 1 aliphatic heterocycles. The van der Waals surface area contributed by atoms with Crippen LogP contribution < -0.4 is 10.6 Å². The highest BCUT2D eigenvalue weighted by Gasteiger charge is 2.53. The molecule has 2 aromatic rings. The number of nitrogens with zero attached hydrogens (tertiary/aromatic N) is 3. The molecule has 1 saturated carbocycles. The van der Waals surface area contributed by atoms with E-state index in [0.29, 0.717) is 30.3 Å². The van der Waals surface area contributed by atoms with Crippen LogP contribution in [0, 0.1) is 6.92 Å². The van der Waals surface area contributed by atoms with Crippen LogP contribution in [0.25, 0.3) is 0 Å². The van der Waals surface area contributed by atoms with Gasteiger partial charge >= 0.3 is 0 Å². The standard InChI is InChI=1S/C25H32ClN5O4/c1-15(2)35-11-5-10-27-24(34)25(4)13-30-14-28-20(21(30)23(33)31(25)17-7-8-17)22(32)29-19-9-6-16(3)12-18(19)26/h6,9,12,14-15,17H,5,7-8,10-11,13H2,1-4H3,(H,27,34)(H,29,32)/t25-/m0/s1. The van der Waals surface area contributed by atoms with E-state index in [9.17, 15) is 14.4 Å². The van der Waals surface area contributed by atoms with E-state index >= 15 is 0 Å². The first-order valence-electron chi connectivity index (χ1n) is 12.0. The fourth-order valence-corrected chi connectivity index (χ4v) is 4.69. The highest BCUT2D eigenvalue weighted by Crippen LogP contribution is 2.39. The van der Waals surface area contributed by atoms with Crippen LogP contribution in [0.2, 0.25) is 5.02 Å². The van der Waals surface area contributed by atoms with Gasteiger partial charge in [0.15, 0.2) is 5.69 Å². The first kappa shape index (κ1) is 25.2. The van der Waals surface area contributed by atoms with Gasteiger partial charge in [-0.05, 0) is 64.7 Å². The summed E-state index contributed by atoms with van der Waals surface area (Å²) in [6.45, 7) is 8.83. The molecule has 9 nitrogen and oxygen atoms in total. The Morgan fingerprint density at radius 2 is 2.06 bits per heavy atom. The van der Waals surface area contributed by atoms with Crippen molar-refractivity contribution in [1.29, 1.82) is 0 Å². The van der Waals surface area contributed by atoms with Gasteiger partial charge in [-0.25, -0.2) is 4.98 Å². The summed E-state index contributed by atoms with van der Waals surface area (Å²) < 4.78 is 7.14. The van der Waals surface area contributed by atoms with E-state index in [1.807, 2.05) is 26.8 Å². The van der Waals surface area contributed by atoms with E-state index < -0.39 is 11.4 Å². The molecule has 2 aliphatic rings. The van der Waals surface area contributed by atoms with Crippen molar-refractivity contribution >= 4 is 35.0 Å². The number of ether oxygens (including phenoxy) is 1. The lowest BCUT2D eigenvalue weighted by molar-refractivity contribution is -0.133. The van der Waals surface area contributed by atoms with Gasteiger partial charge in [-0.3, -0.25) is 14.4 Å². The van der Waals surface area contributed by atoms with Crippen molar-refractivity contribution in [3.63, 3.8) is 0 Å². The molecule has 0 saturated heterocycles. The lowest BCUT2D eigenvalue weighted by Crippen LogP contribution is -2.64. The highest BCUT2D eigenvalue weighted by molar-refractivity contribution is 6.34. The van der Waals surface area contributed by atoms with Crippen molar-refractivity contribution < 1.29 is 19.1 Å². The molecule has 0 spiro atoms. The lowest BCUT2D eigenvalue weighted by Gasteiger charge is -2.44. The quantitative estimate of drug-likeness (QED) is 0.512. The van der Waals surface area contributed by atoms with Gasteiger partial charge < -0.3 is 24.8 Å². The summed E-state index contributed by atoms with van der Waals surface area (Å²) in [4.78, 5) is 45.9. The van der Waals surface area contributed by atoms with Gasteiger partial charge in [-0.1, -0.05) is 17.7 Å². The number of hydrogen-bond acceptors (Lipinski definition) is 5. The zero-order valence-corrected chi connectivity index (χ0v) is 21.3. The fraction of sp³-hybridized carbons (Fsp3) is 0.520. The molecule has 2 N–H and O–H groups in total. The largest absolute Gasteiger partial charge is 0.379 e. The maximum Gasteiger partial charge on any atom is 0.276 e. The maximum absolute atomic E-state index is 13.7. The predicted molar refractivity (Wildman–Crippen MR) is 133 cm³/mol. The summed E-state index contributed by atoms with van der Waals surface area (Å²) in [5.74, 6) is -1.11. The fourth-order valence-electron chi connectivity index (χ4n) is 4.41. The van der Waals surface area contributed by atoms with Crippen molar-refractivity contribution in [2.45, 2.75) is 71.2 Å². The lowest BCUT2D eigenvalue weighted by atomic mass is 9.94. The van der Waals surface area contributed by atoms with E-state index in [4.69, 9.17) is 16.3 Å². The summed E-state index contributed by atoms with van der Waals surface area (Å²) in [5.41, 5.74) is 0.530. The minimum Gasteiger partial charge on any atom is -0.379 e. The molecule has 2 heterocycles. The molecule has 1 aromatic heterocycles. The number of halogens is 1. The SMILES string of the molecule is Cc1ccc(NC(=O)c2ncn3c2C(=O)N(C2CC2)[C@](C)(C(=O)NCCCOC(C)C)C3)c(Cl)c1. The number of imidazole rings is 1. The van der Waals surface area contributed by atoms with Crippen LogP contribution in [0.5, 0.6) is 0 Å². The maximum atomic E-state index is 13.7. The van der Waals surface area contributed by atoms with E-state index in [2.05, 4.69) is 15.6 Å². The molecule has 1 aromatic carbocycles. The molecule has 0 bridgehead atoms. The van der Waals surface area contributed by atoms with Gasteiger partial charge in [-0.2, -0.15) is 0 Å². The van der Waals surface area contributed by atoms with Crippen LogP contribution >= 0.6 is 11.6 Å². The average Bonchev–Trinajstić information content (AvgIpc) is 3.52. The summed E-state index contributed by atoms with van der Waals surface area (Å²) in [6, 6.07) is 5.26. The molecule has 4 rings (SSSR count). The Bertz CT molecular complexity index is 1140. The van der Waals surface area contributed by atoms with Gasteiger partial charge in [-0.15, -0.1) is 0 Å². The summed E-state index contributed by atoms with van der Waals surface area (Å²) in [5, 5.41) is 6.12. The zero-order chi connectivity index (χ0) is 25.3. The van der Waals surface area contributed by atoms with Gasteiger partial charge in [0.2, 0.25) is 5.91 Å². The third kappa shape index (κ3) is 5.21. The number of hydrogen-bond donors (Lipinski definition) is 2. The third-order valence-electron chi connectivity index (χ3n) is 6.32. The number of carbonyl (C=O) groups excluding carboxylic acids is 3. The Morgan fingerprint density at radius 1 is 1.31 bits per heavy atom. The predicted octanol–water partition coefficient (Wildman–Crippen LogP) is 3.41. The molecule has 10 heteroatoms. The topological polar surface area (TPSA) is 106 Å². The third-order valence-corrected chi connectivity index (χ3v) is 6.63. The monoisotopic (exact) mass is 501 g/mol. The van der Waals surface area contributed by atoms with Crippen molar-refractivity contribution in [3.05, 3.63) is 46.5 Å². The van der Waals surface area contributed by atoms with Crippen LogP contribution in [0.1, 0.15) is 66.6 Å². The normalized spacial score (nSPS) is 19.6. The number of nitrogens with one attached hydrogen (secondary N) is 2. The number of rotatable bonds is 9. The van der Waals surface area contributed by atoms with Crippen LogP contribution in [0.3, 0.4) is 0 Å². The second-order valence-corrected chi connectivity index (χ2v) is 10.1. The Kier molecular flexibility index (Phi) is 7.19. The molecule has 0 radical (unpaired) electrons. The van der Waals surface area contributed by atoms with Crippen molar-refractivity contribution in [2.75, 3.05) is 18.5 Å². The molecule has 3 amide bonds. The minimum atomic E-state index is -1.08. The molecule has 35 heavy (non-hydrogen) atoms. The summed E-state index contributed by atoms with van der Waals surface area (Å²) >= 11 is 6.26. The van der Waals surface area contributed by atoms with Gasteiger partial charge in [0.05, 0.1) is 29.7 Å². The zero-order valence-electron chi connectivity index (χ0n) is 20.6. The average molecular weight is 502 g/mol. The molecule has 1 fully saturated rings. The van der Waals surface area contributed by atoms with E-state index in [1.54, 1.807) is 28.5 Å².